The monoisotopic (exact) mass is 340 g/mol. The first-order valence-electron chi connectivity index (χ1n) is 3.21. The minimum Gasteiger partial charge on any atom is -0.478 e. The Kier molecular flexibility index (Phi) is 3.11. The van der Waals surface area contributed by atoms with E-state index in [1.54, 1.807) is 19.1 Å². The van der Waals surface area contributed by atoms with Crippen molar-refractivity contribution in [2.24, 2.45) is 0 Å². The molecule has 0 aliphatic carbocycles. The normalized spacial score (nSPS) is 9.92. The molecule has 0 bridgehead atoms. The minimum absolute atomic E-state index is 0.388. The lowest BCUT2D eigenvalue weighted by Crippen LogP contribution is -2.02. The molecule has 64 valence electrons. The number of hydrogen-bond acceptors (Lipinski definition) is 1. The molecule has 0 amide bonds. The molecule has 0 atom stereocenters. The molecular weight excluding hydrogens is 335 g/mol. The summed E-state index contributed by atoms with van der Waals surface area (Å²) >= 11 is 5.31. The van der Waals surface area contributed by atoms with Crippen molar-refractivity contribution in [1.29, 1.82) is 0 Å². The molecule has 0 aromatic heterocycles. The van der Waals surface area contributed by atoms with Gasteiger partial charge < -0.3 is 5.11 Å². The predicted octanol–water partition coefficient (Wildman–Crippen LogP) is 3.06. The first-order chi connectivity index (χ1) is 5.52. The molecule has 0 unspecified atom stereocenters. The number of carboxylic acid groups (broad SMARTS) is 1. The molecule has 0 fully saturated rings. The number of aryl methyl sites for hydroxylation is 1. The molecule has 0 aliphatic heterocycles. The van der Waals surface area contributed by atoms with E-state index in [0.717, 1.165) is 13.6 Å². The second kappa shape index (κ2) is 3.74. The summed E-state index contributed by atoms with van der Waals surface area (Å²) in [6.45, 7) is 1.79. The van der Waals surface area contributed by atoms with Gasteiger partial charge in [0, 0.05) is 8.04 Å². The summed E-state index contributed by atoms with van der Waals surface area (Å²) in [6, 6.07) is 3.59. The molecule has 0 aliphatic rings. The zero-order valence-electron chi connectivity index (χ0n) is 6.27. The number of halogens is 2. The lowest BCUT2D eigenvalue weighted by atomic mass is 10.1. The van der Waals surface area contributed by atoms with Crippen LogP contribution in [-0.2, 0) is 0 Å². The van der Waals surface area contributed by atoms with E-state index in [4.69, 9.17) is 5.11 Å². The van der Waals surface area contributed by atoms with Crippen LogP contribution in [-0.4, -0.2) is 11.1 Å². The lowest BCUT2D eigenvalue weighted by molar-refractivity contribution is 0.0695. The molecule has 1 aromatic rings. The number of rotatable bonds is 1. The van der Waals surface area contributed by atoms with Crippen molar-refractivity contribution in [1.82, 2.24) is 0 Å². The molecule has 1 rings (SSSR count). The molecule has 0 heterocycles. The SMILES string of the molecule is Cc1cc(Br)cc(I)c1C(=O)O. The van der Waals surface area contributed by atoms with E-state index in [0.29, 0.717) is 5.56 Å². The molecule has 0 saturated heterocycles. The first-order valence-corrected chi connectivity index (χ1v) is 5.08. The second-order valence-corrected chi connectivity index (χ2v) is 4.46. The highest BCUT2D eigenvalue weighted by atomic mass is 127. The van der Waals surface area contributed by atoms with Crippen LogP contribution in [0.3, 0.4) is 0 Å². The fraction of sp³-hybridized carbons (Fsp3) is 0.125. The number of hydrogen-bond donors (Lipinski definition) is 1. The highest BCUT2D eigenvalue weighted by Crippen LogP contribution is 2.22. The van der Waals surface area contributed by atoms with E-state index in [1.165, 1.54) is 0 Å². The Bertz CT molecular complexity index is 313. The summed E-state index contributed by atoms with van der Waals surface area (Å²) in [7, 11) is 0. The van der Waals surface area contributed by atoms with Crippen LogP contribution >= 0.6 is 38.5 Å². The molecule has 4 heteroatoms. The van der Waals surface area contributed by atoms with Crippen molar-refractivity contribution in [3.63, 3.8) is 0 Å². The van der Waals surface area contributed by atoms with Crippen LogP contribution in [0.1, 0.15) is 15.9 Å². The van der Waals surface area contributed by atoms with Crippen LogP contribution in [0.4, 0.5) is 0 Å². The van der Waals surface area contributed by atoms with Gasteiger partial charge in [-0.05, 0) is 47.2 Å². The number of benzene rings is 1. The third-order valence-corrected chi connectivity index (χ3v) is 2.77. The summed E-state index contributed by atoms with van der Waals surface area (Å²) in [6.07, 6.45) is 0. The summed E-state index contributed by atoms with van der Waals surface area (Å²) in [5, 5.41) is 8.82. The molecule has 0 radical (unpaired) electrons. The highest BCUT2D eigenvalue weighted by molar-refractivity contribution is 14.1. The number of carboxylic acids is 1. The maximum atomic E-state index is 10.7. The first kappa shape index (κ1) is 9.98. The fourth-order valence-electron chi connectivity index (χ4n) is 0.973. The minimum atomic E-state index is -0.871. The quantitative estimate of drug-likeness (QED) is 0.798. The molecule has 0 saturated carbocycles. The standard InChI is InChI=1S/C8H6BrIO2/c1-4-2-5(9)3-6(10)7(4)8(11)12/h2-3H,1H3,(H,11,12). The van der Waals surface area contributed by atoms with Gasteiger partial charge in [0.1, 0.15) is 0 Å². The topological polar surface area (TPSA) is 37.3 Å². The van der Waals surface area contributed by atoms with Gasteiger partial charge in [0.25, 0.3) is 0 Å². The Labute approximate surface area is 92.2 Å². The van der Waals surface area contributed by atoms with Crippen molar-refractivity contribution in [2.75, 3.05) is 0 Å². The van der Waals surface area contributed by atoms with Crippen molar-refractivity contribution >= 4 is 44.5 Å². The Balaban J connectivity index is 3.38. The second-order valence-electron chi connectivity index (χ2n) is 2.38. The van der Waals surface area contributed by atoms with Crippen LogP contribution in [0.15, 0.2) is 16.6 Å². The molecule has 0 spiro atoms. The van der Waals surface area contributed by atoms with Crippen molar-refractivity contribution in [3.05, 3.63) is 31.3 Å². The molecule has 1 aromatic carbocycles. The van der Waals surface area contributed by atoms with E-state index in [9.17, 15) is 4.79 Å². The molecule has 1 N–H and O–H groups in total. The van der Waals surface area contributed by atoms with Gasteiger partial charge in [0.2, 0.25) is 0 Å². The van der Waals surface area contributed by atoms with E-state index in [2.05, 4.69) is 15.9 Å². The molecule has 12 heavy (non-hydrogen) atoms. The Hall–Kier alpha value is -0.100. The van der Waals surface area contributed by atoms with Gasteiger partial charge in [0.15, 0.2) is 0 Å². The van der Waals surface area contributed by atoms with E-state index in [-0.39, 0.29) is 0 Å². The summed E-state index contributed by atoms with van der Waals surface area (Å²) < 4.78 is 1.67. The maximum absolute atomic E-state index is 10.7. The van der Waals surface area contributed by atoms with Gasteiger partial charge in [-0.25, -0.2) is 4.79 Å². The van der Waals surface area contributed by atoms with E-state index >= 15 is 0 Å². The average molecular weight is 341 g/mol. The lowest BCUT2D eigenvalue weighted by Gasteiger charge is -2.03. The van der Waals surface area contributed by atoms with Gasteiger partial charge in [0.05, 0.1) is 5.56 Å². The zero-order valence-corrected chi connectivity index (χ0v) is 10.0. The van der Waals surface area contributed by atoms with Crippen molar-refractivity contribution in [2.45, 2.75) is 6.92 Å². The van der Waals surface area contributed by atoms with E-state index < -0.39 is 5.97 Å². The van der Waals surface area contributed by atoms with Crippen molar-refractivity contribution < 1.29 is 9.90 Å². The number of aromatic carboxylic acids is 1. The Morgan fingerprint density at radius 2 is 2.17 bits per heavy atom. The number of carbonyl (C=O) groups is 1. The van der Waals surface area contributed by atoms with Crippen LogP contribution < -0.4 is 0 Å². The molecular formula is C8H6BrIO2. The van der Waals surface area contributed by atoms with Crippen LogP contribution in [0.25, 0.3) is 0 Å². The third-order valence-electron chi connectivity index (χ3n) is 1.47. The van der Waals surface area contributed by atoms with Gasteiger partial charge in [-0.1, -0.05) is 15.9 Å². The largest absolute Gasteiger partial charge is 0.478 e. The van der Waals surface area contributed by atoms with E-state index in [1.807, 2.05) is 22.6 Å². The molecule has 2 nitrogen and oxygen atoms in total. The average Bonchev–Trinajstić information content (AvgIpc) is 1.82. The summed E-state index contributed by atoms with van der Waals surface area (Å²) in [4.78, 5) is 10.7. The highest BCUT2D eigenvalue weighted by Gasteiger charge is 2.11. The Morgan fingerprint density at radius 1 is 1.58 bits per heavy atom. The summed E-state index contributed by atoms with van der Waals surface area (Å²) in [5.41, 5.74) is 1.17. The van der Waals surface area contributed by atoms with Gasteiger partial charge in [-0.15, -0.1) is 0 Å². The smallest absolute Gasteiger partial charge is 0.337 e. The predicted molar refractivity (Wildman–Crippen MR) is 58.6 cm³/mol. The van der Waals surface area contributed by atoms with Crippen LogP contribution in [0.2, 0.25) is 0 Å². The van der Waals surface area contributed by atoms with Crippen LogP contribution in [0.5, 0.6) is 0 Å². The fourth-order valence-corrected chi connectivity index (χ4v) is 2.96. The Morgan fingerprint density at radius 3 is 2.58 bits per heavy atom. The van der Waals surface area contributed by atoms with Crippen LogP contribution in [0, 0.1) is 10.5 Å². The van der Waals surface area contributed by atoms with Gasteiger partial charge >= 0.3 is 5.97 Å². The maximum Gasteiger partial charge on any atom is 0.337 e. The third kappa shape index (κ3) is 1.98. The van der Waals surface area contributed by atoms with Gasteiger partial charge in [-0.3, -0.25) is 0 Å². The zero-order chi connectivity index (χ0) is 9.30. The van der Waals surface area contributed by atoms with Gasteiger partial charge in [-0.2, -0.15) is 0 Å². The summed E-state index contributed by atoms with van der Waals surface area (Å²) in [5.74, 6) is -0.871. The van der Waals surface area contributed by atoms with Crippen molar-refractivity contribution in [3.8, 4) is 0 Å².